The molecule has 0 amide bonds. The molecule has 6 heteroatoms. The van der Waals surface area contributed by atoms with Gasteiger partial charge in [-0.25, -0.2) is 0 Å². The molecule has 2 aliphatic carbocycles. The molecule has 0 heterocycles. The highest BCUT2D eigenvalue weighted by Crippen LogP contribution is 2.54. The lowest BCUT2D eigenvalue weighted by Crippen LogP contribution is -2.26. The zero-order valence-corrected chi connectivity index (χ0v) is 18.5. The van der Waals surface area contributed by atoms with E-state index in [1.54, 1.807) is 5.30 Å². The second-order valence-corrected chi connectivity index (χ2v) is 11.7. The van der Waals surface area contributed by atoms with Gasteiger partial charge in [0, 0.05) is 7.92 Å². The third-order valence-corrected chi connectivity index (χ3v) is 10.3. The summed E-state index contributed by atoms with van der Waals surface area (Å²) in [6.07, 6.45) is 14.9. The molecule has 0 atom stereocenters. The smallest absolute Gasteiger partial charge is 0.418 e. The van der Waals surface area contributed by atoms with Crippen LogP contribution in [0.25, 0.3) is 11.1 Å². The Morgan fingerprint density at radius 2 is 0.967 bits per heavy atom. The summed E-state index contributed by atoms with van der Waals surface area (Å²) < 4.78 is 39.0. The topological polar surface area (TPSA) is 0 Å². The minimum Gasteiger partial charge on any atom is -0.418 e. The molecule has 2 aromatic rings. The monoisotopic (exact) mass is 438 g/mol. The van der Waals surface area contributed by atoms with Crippen LogP contribution in [-0.4, -0.2) is 18.6 Å². The Bertz CT molecular complexity index is 712. The fourth-order valence-corrected chi connectivity index (χ4v) is 9.34. The van der Waals surface area contributed by atoms with Crippen LogP contribution in [-0.2, 0) is 0 Å². The number of hydrogen-bond donors (Lipinski definition) is 0. The van der Waals surface area contributed by atoms with Gasteiger partial charge in [-0.2, -0.15) is 0 Å². The predicted molar refractivity (Wildman–Crippen MR) is 124 cm³/mol. The highest BCUT2D eigenvalue weighted by atomic mass is 31.1. The second kappa shape index (κ2) is 11.3. The average molecular weight is 438 g/mol. The van der Waals surface area contributed by atoms with Crippen LogP contribution in [0.15, 0.2) is 54.6 Å². The van der Waals surface area contributed by atoms with Gasteiger partial charge >= 0.3 is 7.25 Å². The molecule has 30 heavy (non-hydrogen) atoms. The maximum Gasteiger partial charge on any atom is 0.673 e. The van der Waals surface area contributed by atoms with Crippen molar-refractivity contribution in [1.82, 2.24) is 0 Å². The largest absolute Gasteiger partial charge is 0.673 e. The predicted octanol–water partition coefficient (Wildman–Crippen LogP) is 8.16. The summed E-state index contributed by atoms with van der Waals surface area (Å²) in [6, 6.07) is 20.6. The molecule has 0 unspecified atom stereocenters. The summed E-state index contributed by atoms with van der Waals surface area (Å²) in [6.45, 7) is 0. The van der Waals surface area contributed by atoms with Gasteiger partial charge in [-0.1, -0.05) is 55.3 Å². The Kier molecular flexibility index (Phi) is 8.80. The highest BCUT2D eigenvalue weighted by molar-refractivity contribution is 7.67. The third kappa shape index (κ3) is 7.41. The first-order valence-corrected chi connectivity index (χ1v) is 13.0. The van der Waals surface area contributed by atoms with Crippen molar-refractivity contribution in [2.75, 3.05) is 0 Å². The third-order valence-electron chi connectivity index (χ3n) is 6.42. The van der Waals surface area contributed by atoms with Crippen molar-refractivity contribution in [3.63, 3.8) is 0 Å². The molecule has 0 nitrogen and oxygen atoms in total. The lowest BCUT2D eigenvalue weighted by Gasteiger charge is -2.32. The van der Waals surface area contributed by atoms with Crippen molar-refractivity contribution in [1.29, 1.82) is 0 Å². The van der Waals surface area contributed by atoms with Gasteiger partial charge in [0.05, 0.1) is 16.6 Å². The maximum atomic E-state index is 9.75. The summed E-state index contributed by atoms with van der Waals surface area (Å²) >= 11 is 0. The van der Waals surface area contributed by atoms with E-state index in [9.17, 15) is 17.3 Å². The molecule has 0 aliphatic heterocycles. The molecule has 2 aliphatic rings. The van der Waals surface area contributed by atoms with E-state index >= 15 is 0 Å². The molecule has 4 rings (SSSR count). The Morgan fingerprint density at radius 3 is 1.40 bits per heavy atom. The molecular weight excluding hydrogens is 406 g/mol. The molecular formula is C24H32BF4P. The van der Waals surface area contributed by atoms with E-state index in [1.165, 1.54) is 75.3 Å². The molecule has 0 saturated heterocycles. The van der Waals surface area contributed by atoms with Crippen LogP contribution < -0.4 is 5.30 Å². The van der Waals surface area contributed by atoms with Gasteiger partial charge < -0.3 is 17.3 Å². The Labute approximate surface area is 179 Å². The quantitative estimate of drug-likeness (QED) is 0.257. The van der Waals surface area contributed by atoms with E-state index in [0.717, 1.165) is 11.3 Å². The Hall–Kier alpha value is -1.35. The van der Waals surface area contributed by atoms with E-state index in [2.05, 4.69) is 54.6 Å². The Morgan fingerprint density at radius 1 is 0.567 bits per heavy atom. The summed E-state index contributed by atoms with van der Waals surface area (Å²) in [5.41, 5.74) is 4.78. The van der Waals surface area contributed by atoms with Crippen LogP contribution in [0.1, 0.15) is 64.2 Å². The first kappa shape index (κ1) is 23.3. The van der Waals surface area contributed by atoms with E-state index in [1.807, 2.05) is 0 Å². The van der Waals surface area contributed by atoms with Crippen molar-refractivity contribution < 1.29 is 17.3 Å². The molecule has 0 spiro atoms. The van der Waals surface area contributed by atoms with Crippen molar-refractivity contribution in [3.05, 3.63) is 54.6 Å². The Balaban J connectivity index is 0.000000461. The van der Waals surface area contributed by atoms with Crippen molar-refractivity contribution in [3.8, 4) is 11.1 Å². The van der Waals surface area contributed by atoms with Crippen LogP contribution in [0.2, 0.25) is 0 Å². The van der Waals surface area contributed by atoms with Gasteiger partial charge in [0.25, 0.3) is 0 Å². The molecule has 0 N–H and O–H groups in total. The van der Waals surface area contributed by atoms with Gasteiger partial charge in [0.2, 0.25) is 0 Å². The average Bonchev–Trinajstić information content (AvgIpc) is 2.76. The fraction of sp³-hybridized carbons (Fsp3) is 0.500. The summed E-state index contributed by atoms with van der Waals surface area (Å²) in [4.78, 5) is 0. The molecule has 0 aromatic heterocycles. The lowest BCUT2D eigenvalue weighted by molar-refractivity contribution is 0.368. The van der Waals surface area contributed by atoms with E-state index < -0.39 is 15.2 Å². The van der Waals surface area contributed by atoms with Crippen molar-refractivity contribution in [2.45, 2.75) is 75.5 Å². The van der Waals surface area contributed by atoms with E-state index in [4.69, 9.17) is 0 Å². The van der Waals surface area contributed by atoms with Crippen molar-refractivity contribution >= 4 is 20.5 Å². The van der Waals surface area contributed by atoms with Crippen molar-refractivity contribution in [2.24, 2.45) is 0 Å². The molecule has 2 aromatic carbocycles. The number of rotatable bonds is 4. The molecule has 0 radical (unpaired) electrons. The standard InChI is InChI=1S/C24H31P.BF4/c1-4-10-20(11-5-1)21-16-18-24(19-17-21)25(22-12-6-2-7-13-22)23-14-8-3-9-15-23;2-1(3,4)5/h1,4-5,10-11,16-19,22-23H,2-3,6-9,12-15H2;/q;-1/p+1. The van der Waals surface area contributed by atoms with Gasteiger partial charge in [-0.05, 0) is 74.6 Å². The van der Waals surface area contributed by atoms with Gasteiger partial charge in [0.1, 0.15) is 0 Å². The lowest BCUT2D eigenvalue weighted by atomic mass is 9.99. The van der Waals surface area contributed by atoms with Crippen LogP contribution >= 0.6 is 7.92 Å². The normalized spacial score (nSPS) is 18.7. The number of hydrogen-bond acceptors (Lipinski definition) is 0. The highest BCUT2D eigenvalue weighted by Gasteiger charge is 2.38. The zero-order chi connectivity index (χ0) is 21.4. The summed E-state index contributed by atoms with van der Waals surface area (Å²) in [5, 5.41) is 1.73. The van der Waals surface area contributed by atoms with E-state index in [-0.39, 0.29) is 0 Å². The van der Waals surface area contributed by atoms with Gasteiger partial charge in [-0.3, -0.25) is 0 Å². The van der Waals surface area contributed by atoms with Gasteiger partial charge in [-0.15, -0.1) is 0 Å². The van der Waals surface area contributed by atoms with E-state index in [0.29, 0.717) is 0 Å². The number of benzene rings is 2. The van der Waals surface area contributed by atoms with Crippen LogP contribution in [0.4, 0.5) is 17.3 Å². The second-order valence-electron chi connectivity index (χ2n) is 8.56. The molecule has 0 bridgehead atoms. The first-order valence-electron chi connectivity index (χ1n) is 11.3. The maximum absolute atomic E-state index is 9.75. The fourth-order valence-electron chi connectivity index (χ4n) is 5.12. The SMILES string of the molecule is F[B-](F)(F)F.c1ccc(-c2ccc([PH+](C3CCCCC3)C3CCCCC3)cc2)cc1. The minimum atomic E-state index is -6.00. The van der Waals surface area contributed by atoms with Gasteiger partial charge in [0.15, 0.2) is 0 Å². The molecule has 164 valence electrons. The number of halogens is 4. The van der Waals surface area contributed by atoms with Crippen LogP contribution in [0, 0.1) is 0 Å². The first-order chi connectivity index (χ1) is 14.4. The van der Waals surface area contributed by atoms with Crippen LogP contribution in [0.5, 0.6) is 0 Å². The van der Waals surface area contributed by atoms with Crippen LogP contribution in [0.3, 0.4) is 0 Å². The summed E-state index contributed by atoms with van der Waals surface area (Å²) in [7, 11) is -6.42. The molecule has 2 fully saturated rings. The molecule has 2 saturated carbocycles. The minimum absolute atomic E-state index is 0.421. The zero-order valence-electron chi connectivity index (χ0n) is 17.5. The summed E-state index contributed by atoms with van der Waals surface area (Å²) in [5.74, 6) is 0.